The Morgan fingerprint density at radius 3 is 2.52 bits per heavy atom. The first kappa shape index (κ1) is 18.1. The second-order valence-electron chi connectivity index (χ2n) is 7.14. The third-order valence-corrected chi connectivity index (χ3v) is 5.58. The first-order chi connectivity index (χ1) is 13.2. The molecule has 1 saturated heterocycles. The molecule has 27 heavy (non-hydrogen) atoms. The molecule has 1 N–H and O–H groups in total. The first-order valence-corrected chi connectivity index (χ1v) is 9.86. The van der Waals surface area contributed by atoms with Gasteiger partial charge in [0.25, 0.3) is 0 Å². The predicted molar refractivity (Wildman–Crippen MR) is 110 cm³/mol. The van der Waals surface area contributed by atoms with Crippen LogP contribution in [-0.2, 0) is 17.8 Å². The summed E-state index contributed by atoms with van der Waals surface area (Å²) in [5.41, 5.74) is 3.62. The standard InChI is InChI=1S/C22H24ClN3O/c23-19-8-5-17(6-9-19)16-25-11-13-26(14-12-25)22(27)10-7-18-15-24-21-4-2-1-3-20(18)21/h1-6,8-9,15,24H,7,10-14,16H2. The van der Waals surface area contributed by atoms with Crippen molar-refractivity contribution in [2.75, 3.05) is 26.2 Å². The summed E-state index contributed by atoms with van der Waals surface area (Å²) in [6.07, 6.45) is 3.38. The van der Waals surface area contributed by atoms with E-state index in [0.717, 1.165) is 49.7 Å². The molecule has 1 aliphatic rings. The summed E-state index contributed by atoms with van der Waals surface area (Å²) in [6.45, 7) is 4.36. The van der Waals surface area contributed by atoms with Gasteiger partial charge >= 0.3 is 0 Å². The largest absolute Gasteiger partial charge is 0.361 e. The number of aromatic nitrogens is 1. The van der Waals surface area contributed by atoms with Crippen molar-refractivity contribution in [3.05, 3.63) is 70.9 Å². The smallest absolute Gasteiger partial charge is 0.222 e. The van der Waals surface area contributed by atoms with Crippen molar-refractivity contribution in [1.82, 2.24) is 14.8 Å². The van der Waals surface area contributed by atoms with Crippen LogP contribution in [0.15, 0.2) is 54.7 Å². The molecule has 1 amide bonds. The number of halogens is 1. The number of piperazine rings is 1. The molecule has 4 nitrogen and oxygen atoms in total. The monoisotopic (exact) mass is 381 g/mol. The molecule has 2 heterocycles. The highest BCUT2D eigenvalue weighted by Gasteiger charge is 2.21. The van der Waals surface area contributed by atoms with Crippen LogP contribution in [-0.4, -0.2) is 46.9 Å². The summed E-state index contributed by atoms with van der Waals surface area (Å²) >= 11 is 5.95. The molecule has 1 aliphatic heterocycles. The number of amides is 1. The van der Waals surface area contributed by atoms with Crippen LogP contribution in [0, 0.1) is 0 Å². The van der Waals surface area contributed by atoms with Gasteiger partial charge in [-0.05, 0) is 35.7 Å². The van der Waals surface area contributed by atoms with Crippen LogP contribution < -0.4 is 0 Å². The third kappa shape index (κ3) is 4.34. The molecular weight excluding hydrogens is 358 g/mol. The number of para-hydroxylation sites is 1. The molecule has 0 aliphatic carbocycles. The van der Waals surface area contributed by atoms with Gasteiger partial charge in [0, 0.05) is 61.3 Å². The maximum Gasteiger partial charge on any atom is 0.222 e. The quantitative estimate of drug-likeness (QED) is 0.722. The maximum atomic E-state index is 12.6. The van der Waals surface area contributed by atoms with Gasteiger partial charge < -0.3 is 9.88 Å². The molecule has 140 valence electrons. The van der Waals surface area contributed by atoms with E-state index in [1.54, 1.807) is 0 Å². The van der Waals surface area contributed by atoms with Crippen molar-refractivity contribution in [2.24, 2.45) is 0 Å². The molecule has 5 heteroatoms. The highest BCUT2D eigenvalue weighted by molar-refractivity contribution is 6.30. The lowest BCUT2D eigenvalue weighted by Gasteiger charge is -2.34. The molecule has 1 aromatic heterocycles. The number of benzene rings is 2. The van der Waals surface area contributed by atoms with E-state index in [0.29, 0.717) is 6.42 Å². The van der Waals surface area contributed by atoms with Crippen molar-refractivity contribution >= 4 is 28.4 Å². The number of rotatable bonds is 5. The summed E-state index contributed by atoms with van der Waals surface area (Å²) in [5, 5.41) is 1.99. The molecule has 2 aromatic carbocycles. The average Bonchev–Trinajstić information content (AvgIpc) is 3.12. The van der Waals surface area contributed by atoms with Gasteiger partial charge in [-0.15, -0.1) is 0 Å². The maximum absolute atomic E-state index is 12.6. The van der Waals surface area contributed by atoms with E-state index in [1.165, 1.54) is 16.5 Å². The number of carbonyl (C=O) groups excluding carboxylic acids is 1. The number of nitrogens with zero attached hydrogens (tertiary/aromatic N) is 2. The molecule has 4 rings (SSSR count). The van der Waals surface area contributed by atoms with Crippen LogP contribution in [0.2, 0.25) is 5.02 Å². The van der Waals surface area contributed by atoms with E-state index < -0.39 is 0 Å². The number of H-pyrrole nitrogens is 1. The minimum absolute atomic E-state index is 0.256. The number of hydrogen-bond donors (Lipinski definition) is 1. The number of carbonyl (C=O) groups is 1. The normalized spacial score (nSPS) is 15.4. The van der Waals surface area contributed by atoms with Crippen LogP contribution in [0.1, 0.15) is 17.5 Å². The lowest BCUT2D eigenvalue weighted by molar-refractivity contribution is -0.132. The van der Waals surface area contributed by atoms with E-state index in [4.69, 9.17) is 11.6 Å². The van der Waals surface area contributed by atoms with E-state index in [-0.39, 0.29) is 5.91 Å². The average molecular weight is 382 g/mol. The van der Waals surface area contributed by atoms with Crippen molar-refractivity contribution < 1.29 is 4.79 Å². The molecule has 3 aromatic rings. The molecule has 0 bridgehead atoms. The summed E-state index contributed by atoms with van der Waals surface area (Å²) in [7, 11) is 0. The molecule has 0 unspecified atom stereocenters. The molecule has 0 saturated carbocycles. The molecular formula is C22H24ClN3O. The van der Waals surface area contributed by atoms with Crippen molar-refractivity contribution in [3.63, 3.8) is 0 Å². The number of aryl methyl sites for hydroxylation is 1. The zero-order valence-electron chi connectivity index (χ0n) is 15.3. The fourth-order valence-electron chi connectivity index (χ4n) is 3.74. The van der Waals surface area contributed by atoms with Gasteiger partial charge in [-0.25, -0.2) is 0 Å². The van der Waals surface area contributed by atoms with Gasteiger partial charge in [-0.3, -0.25) is 9.69 Å². The summed E-state index contributed by atoms with van der Waals surface area (Å²) < 4.78 is 0. The van der Waals surface area contributed by atoms with Gasteiger partial charge in [-0.1, -0.05) is 41.9 Å². The summed E-state index contributed by atoms with van der Waals surface area (Å²) in [6, 6.07) is 16.3. The predicted octanol–water partition coefficient (Wildman–Crippen LogP) is 4.10. The lowest BCUT2D eigenvalue weighted by Crippen LogP contribution is -2.48. The Bertz CT molecular complexity index is 911. The molecule has 0 atom stereocenters. The van der Waals surface area contributed by atoms with Crippen LogP contribution in [0.3, 0.4) is 0 Å². The van der Waals surface area contributed by atoms with Crippen LogP contribution in [0.5, 0.6) is 0 Å². The first-order valence-electron chi connectivity index (χ1n) is 9.48. The second kappa shape index (κ2) is 8.15. The molecule has 0 radical (unpaired) electrons. The second-order valence-corrected chi connectivity index (χ2v) is 7.58. The zero-order valence-corrected chi connectivity index (χ0v) is 16.1. The van der Waals surface area contributed by atoms with Crippen LogP contribution in [0.25, 0.3) is 10.9 Å². The number of aromatic amines is 1. The van der Waals surface area contributed by atoms with E-state index in [9.17, 15) is 4.79 Å². The van der Waals surface area contributed by atoms with Crippen molar-refractivity contribution in [2.45, 2.75) is 19.4 Å². The minimum Gasteiger partial charge on any atom is -0.361 e. The number of nitrogens with one attached hydrogen (secondary N) is 1. The zero-order chi connectivity index (χ0) is 18.6. The van der Waals surface area contributed by atoms with E-state index in [1.807, 2.05) is 35.4 Å². The lowest BCUT2D eigenvalue weighted by atomic mass is 10.1. The van der Waals surface area contributed by atoms with Crippen LogP contribution in [0.4, 0.5) is 0 Å². The fraction of sp³-hybridized carbons (Fsp3) is 0.318. The Hall–Kier alpha value is -2.30. The van der Waals surface area contributed by atoms with Gasteiger partial charge in [-0.2, -0.15) is 0 Å². The number of fused-ring (bicyclic) bond motifs is 1. The van der Waals surface area contributed by atoms with Gasteiger partial charge in [0.05, 0.1) is 0 Å². The molecule has 1 fully saturated rings. The van der Waals surface area contributed by atoms with Crippen molar-refractivity contribution in [3.8, 4) is 0 Å². The Balaban J connectivity index is 1.26. The Labute approximate surface area is 164 Å². The van der Waals surface area contributed by atoms with Gasteiger partial charge in [0.2, 0.25) is 5.91 Å². The highest BCUT2D eigenvalue weighted by Crippen LogP contribution is 2.20. The highest BCUT2D eigenvalue weighted by atomic mass is 35.5. The number of hydrogen-bond acceptors (Lipinski definition) is 2. The topological polar surface area (TPSA) is 39.3 Å². The van der Waals surface area contributed by atoms with Crippen molar-refractivity contribution in [1.29, 1.82) is 0 Å². The SMILES string of the molecule is O=C(CCc1c[nH]c2ccccc12)N1CCN(Cc2ccc(Cl)cc2)CC1. The Morgan fingerprint density at radius 2 is 1.74 bits per heavy atom. The molecule has 0 spiro atoms. The summed E-state index contributed by atoms with van der Waals surface area (Å²) in [5.74, 6) is 0.256. The Kier molecular flexibility index (Phi) is 5.46. The van der Waals surface area contributed by atoms with Gasteiger partial charge in [0.1, 0.15) is 0 Å². The third-order valence-electron chi connectivity index (χ3n) is 5.33. The Morgan fingerprint density at radius 1 is 1.00 bits per heavy atom. The summed E-state index contributed by atoms with van der Waals surface area (Å²) in [4.78, 5) is 20.3. The van der Waals surface area contributed by atoms with E-state index >= 15 is 0 Å². The van der Waals surface area contributed by atoms with Gasteiger partial charge in [0.15, 0.2) is 0 Å². The minimum atomic E-state index is 0.256. The van der Waals surface area contributed by atoms with E-state index in [2.05, 4.69) is 34.1 Å². The fourth-order valence-corrected chi connectivity index (χ4v) is 3.87. The van der Waals surface area contributed by atoms with Crippen LogP contribution >= 0.6 is 11.6 Å².